The van der Waals surface area contributed by atoms with Gasteiger partial charge in [0.15, 0.2) is 11.8 Å². The molecule has 6 N–H and O–H groups in total. The maximum Gasteiger partial charge on any atom is 0.195 e. The van der Waals surface area contributed by atoms with E-state index in [1.165, 1.54) is 0 Å². The minimum atomic E-state index is -0.293. The van der Waals surface area contributed by atoms with E-state index in [9.17, 15) is 0 Å². The molecule has 1 aromatic carbocycles. The number of guanidine groups is 1. The summed E-state index contributed by atoms with van der Waals surface area (Å²) in [6.07, 6.45) is 0. The number of rotatable bonds is 1. The fourth-order valence-corrected chi connectivity index (χ4v) is 2.21. The van der Waals surface area contributed by atoms with E-state index in [-0.39, 0.29) is 6.04 Å². The van der Waals surface area contributed by atoms with Crippen molar-refractivity contribution in [2.24, 2.45) is 10.7 Å². The highest BCUT2D eigenvalue weighted by atomic mass is 35.5. The second-order valence-corrected chi connectivity index (χ2v) is 4.43. The Bertz CT molecular complexity index is 632. The second kappa shape index (κ2) is 3.92. The topological polar surface area (TPSA) is 105 Å². The molecule has 1 aliphatic heterocycles. The van der Waals surface area contributed by atoms with Crippen LogP contribution in [0.1, 0.15) is 17.2 Å². The van der Waals surface area contributed by atoms with Crippen molar-refractivity contribution in [1.29, 1.82) is 0 Å². The molecule has 2 aromatic rings. The number of fused-ring (bicyclic) bond motifs is 1. The van der Waals surface area contributed by atoms with Gasteiger partial charge >= 0.3 is 0 Å². The number of anilines is 2. The quantitative estimate of drug-likeness (QED) is 0.625. The van der Waals surface area contributed by atoms with Crippen LogP contribution in [0.15, 0.2) is 29.3 Å². The van der Waals surface area contributed by atoms with E-state index in [0.29, 0.717) is 22.6 Å². The number of aromatic nitrogens is 2. The molecule has 3 rings (SSSR count). The van der Waals surface area contributed by atoms with Crippen molar-refractivity contribution in [3.63, 3.8) is 0 Å². The summed E-state index contributed by atoms with van der Waals surface area (Å²) in [6.45, 7) is 0. The minimum Gasteiger partial charge on any atom is -0.384 e. The van der Waals surface area contributed by atoms with Crippen molar-refractivity contribution in [2.75, 3.05) is 11.1 Å². The molecule has 0 saturated carbocycles. The fourth-order valence-electron chi connectivity index (χ4n) is 2.01. The SMILES string of the molecule is NC1=NC(c2cccc(Cl)c2)c2c(n[nH]c2N)N1. The predicted molar refractivity (Wildman–Crippen MR) is 71.5 cm³/mol. The van der Waals surface area contributed by atoms with E-state index in [4.69, 9.17) is 23.1 Å². The van der Waals surface area contributed by atoms with E-state index < -0.39 is 0 Å². The Balaban J connectivity index is 2.15. The van der Waals surface area contributed by atoms with Gasteiger partial charge in [0.25, 0.3) is 0 Å². The monoisotopic (exact) mass is 262 g/mol. The molecule has 0 bridgehead atoms. The lowest BCUT2D eigenvalue weighted by Gasteiger charge is -2.20. The summed E-state index contributed by atoms with van der Waals surface area (Å²) < 4.78 is 0. The van der Waals surface area contributed by atoms with Gasteiger partial charge in [-0.3, -0.25) is 5.10 Å². The van der Waals surface area contributed by atoms with Crippen LogP contribution < -0.4 is 16.8 Å². The Kier molecular flexibility index (Phi) is 2.38. The molecule has 1 unspecified atom stereocenters. The zero-order valence-electron chi connectivity index (χ0n) is 9.31. The highest BCUT2D eigenvalue weighted by molar-refractivity contribution is 6.30. The number of halogens is 1. The van der Waals surface area contributed by atoms with Crippen molar-refractivity contribution < 1.29 is 0 Å². The van der Waals surface area contributed by atoms with Crippen LogP contribution in [-0.4, -0.2) is 16.2 Å². The molecule has 0 aliphatic carbocycles. The van der Waals surface area contributed by atoms with Gasteiger partial charge < -0.3 is 16.8 Å². The van der Waals surface area contributed by atoms with Gasteiger partial charge in [-0.25, -0.2) is 4.99 Å². The number of aliphatic imine (C=N–C) groups is 1. The number of hydrogen-bond acceptors (Lipinski definition) is 5. The van der Waals surface area contributed by atoms with Crippen LogP contribution in [-0.2, 0) is 0 Å². The summed E-state index contributed by atoms with van der Waals surface area (Å²) in [6, 6.07) is 7.14. The number of hydrogen-bond donors (Lipinski definition) is 4. The number of nitrogens with one attached hydrogen (secondary N) is 2. The molecular formula is C11H11ClN6. The lowest BCUT2D eigenvalue weighted by molar-refractivity contribution is 0.863. The second-order valence-electron chi connectivity index (χ2n) is 4.00. The first-order chi connectivity index (χ1) is 8.65. The third kappa shape index (κ3) is 1.67. The molecule has 1 aromatic heterocycles. The summed E-state index contributed by atoms with van der Waals surface area (Å²) in [7, 11) is 0. The van der Waals surface area contributed by atoms with Gasteiger partial charge in [-0.15, -0.1) is 0 Å². The van der Waals surface area contributed by atoms with Crippen LogP contribution in [0.2, 0.25) is 5.02 Å². The van der Waals surface area contributed by atoms with Crippen molar-refractivity contribution in [2.45, 2.75) is 6.04 Å². The lowest BCUT2D eigenvalue weighted by Crippen LogP contribution is -2.28. The Morgan fingerprint density at radius 2 is 2.11 bits per heavy atom. The summed E-state index contributed by atoms with van der Waals surface area (Å²) in [5, 5.41) is 10.3. The van der Waals surface area contributed by atoms with Gasteiger partial charge in [-0.2, -0.15) is 5.10 Å². The molecule has 0 spiro atoms. The Labute approximate surface area is 108 Å². The van der Waals surface area contributed by atoms with E-state index in [2.05, 4.69) is 20.5 Å². The standard InChI is InChI=1S/C11H11ClN6/c12-6-3-1-2-5(4-6)8-7-9(13)17-18-10(7)16-11(14)15-8/h1-4,8H,(H6,13,14,15,16,17,18). The third-order valence-electron chi connectivity index (χ3n) is 2.79. The van der Waals surface area contributed by atoms with Gasteiger partial charge in [0.1, 0.15) is 11.9 Å². The molecule has 1 atom stereocenters. The summed E-state index contributed by atoms with van der Waals surface area (Å²) in [5.41, 5.74) is 13.3. The highest BCUT2D eigenvalue weighted by Crippen LogP contribution is 2.37. The van der Waals surface area contributed by atoms with Crippen LogP contribution in [0.4, 0.5) is 11.6 Å². The molecule has 0 saturated heterocycles. The van der Waals surface area contributed by atoms with Crippen molar-refractivity contribution in [1.82, 2.24) is 10.2 Å². The minimum absolute atomic E-state index is 0.293. The average Bonchev–Trinajstić information content (AvgIpc) is 2.70. The first-order valence-corrected chi connectivity index (χ1v) is 5.72. The molecule has 6 nitrogen and oxygen atoms in total. The molecule has 92 valence electrons. The zero-order chi connectivity index (χ0) is 12.7. The van der Waals surface area contributed by atoms with Crippen LogP contribution in [0.25, 0.3) is 0 Å². The smallest absolute Gasteiger partial charge is 0.195 e. The van der Waals surface area contributed by atoms with Gasteiger partial charge in [-0.1, -0.05) is 23.7 Å². The molecule has 1 aliphatic rings. The number of H-pyrrole nitrogens is 1. The molecular weight excluding hydrogens is 252 g/mol. The number of aromatic amines is 1. The van der Waals surface area contributed by atoms with Crippen LogP contribution >= 0.6 is 11.6 Å². The van der Waals surface area contributed by atoms with Crippen LogP contribution in [0.3, 0.4) is 0 Å². The third-order valence-corrected chi connectivity index (χ3v) is 3.02. The molecule has 7 heteroatoms. The van der Waals surface area contributed by atoms with E-state index in [1.807, 2.05) is 18.2 Å². The molecule has 2 heterocycles. The maximum absolute atomic E-state index is 5.99. The predicted octanol–water partition coefficient (Wildman–Crippen LogP) is 1.47. The summed E-state index contributed by atoms with van der Waals surface area (Å²) in [4.78, 5) is 4.35. The fraction of sp³-hybridized carbons (Fsp3) is 0.0909. The highest BCUT2D eigenvalue weighted by Gasteiger charge is 2.27. The van der Waals surface area contributed by atoms with Crippen LogP contribution in [0, 0.1) is 0 Å². The molecule has 0 radical (unpaired) electrons. The van der Waals surface area contributed by atoms with E-state index in [1.54, 1.807) is 6.07 Å². The molecule has 18 heavy (non-hydrogen) atoms. The number of nitrogens with zero attached hydrogens (tertiary/aromatic N) is 2. The molecule has 0 fully saturated rings. The van der Waals surface area contributed by atoms with Crippen molar-refractivity contribution in [3.8, 4) is 0 Å². The van der Waals surface area contributed by atoms with E-state index in [0.717, 1.165) is 11.1 Å². The average molecular weight is 263 g/mol. The Hall–Kier alpha value is -2.21. The largest absolute Gasteiger partial charge is 0.384 e. The van der Waals surface area contributed by atoms with Crippen molar-refractivity contribution >= 4 is 29.2 Å². The Morgan fingerprint density at radius 3 is 2.89 bits per heavy atom. The number of nitrogen functional groups attached to an aromatic ring is 1. The van der Waals surface area contributed by atoms with Gasteiger partial charge in [0, 0.05) is 5.02 Å². The summed E-state index contributed by atoms with van der Waals surface area (Å²) >= 11 is 5.99. The van der Waals surface area contributed by atoms with Crippen molar-refractivity contribution in [3.05, 3.63) is 40.4 Å². The maximum atomic E-state index is 5.99. The van der Waals surface area contributed by atoms with Crippen LogP contribution in [0.5, 0.6) is 0 Å². The summed E-state index contributed by atoms with van der Waals surface area (Å²) in [5.74, 6) is 1.38. The van der Waals surface area contributed by atoms with Gasteiger partial charge in [0.05, 0.1) is 5.56 Å². The lowest BCUT2D eigenvalue weighted by atomic mass is 9.99. The first-order valence-electron chi connectivity index (χ1n) is 5.34. The van der Waals surface area contributed by atoms with Gasteiger partial charge in [-0.05, 0) is 17.7 Å². The van der Waals surface area contributed by atoms with Gasteiger partial charge in [0.2, 0.25) is 0 Å². The first kappa shape index (κ1) is 10.9. The Morgan fingerprint density at radius 1 is 1.28 bits per heavy atom. The normalized spacial score (nSPS) is 17.8. The van der Waals surface area contributed by atoms with E-state index >= 15 is 0 Å². The number of nitrogens with two attached hydrogens (primary N) is 2. The molecule has 0 amide bonds. The number of benzene rings is 1. The zero-order valence-corrected chi connectivity index (χ0v) is 10.1.